The Hall–Kier alpha value is -2.98. The molecule has 0 unspecified atom stereocenters. The van der Waals surface area contributed by atoms with Crippen LogP contribution in [0.3, 0.4) is 0 Å². The molecule has 29 heavy (non-hydrogen) atoms. The van der Waals surface area contributed by atoms with Gasteiger partial charge in [0.15, 0.2) is 0 Å². The molecule has 0 spiro atoms. The summed E-state index contributed by atoms with van der Waals surface area (Å²) in [6.07, 6.45) is 1.74. The maximum Gasteiger partial charge on any atom is 0.130 e. The number of methoxy groups -OCH3 is 1. The van der Waals surface area contributed by atoms with Crippen LogP contribution in [-0.2, 0) is 0 Å². The van der Waals surface area contributed by atoms with Gasteiger partial charge in [0.05, 0.1) is 19.1 Å². The minimum atomic E-state index is 0.721. The van der Waals surface area contributed by atoms with Crippen molar-refractivity contribution in [1.82, 2.24) is 0 Å². The molecule has 0 amide bonds. The molecule has 148 valence electrons. The molecule has 0 fully saturated rings. The van der Waals surface area contributed by atoms with Gasteiger partial charge in [0.1, 0.15) is 16.5 Å². The van der Waals surface area contributed by atoms with Gasteiger partial charge in [0, 0.05) is 16.5 Å². The van der Waals surface area contributed by atoms with E-state index in [0.717, 1.165) is 32.7 Å². The normalized spacial score (nSPS) is 12.0. The van der Waals surface area contributed by atoms with E-state index in [9.17, 15) is 0 Å². The average molecular weight is 404 g/mol. The first kappa shape index (κ1) is 20.7. The van der Waals surface area contributed by atoms with Gasteiger partial charge in [-0.25, -0.2) is 4.99 Å². The summed E-state index contributed by atoms with van der Waals surface area (Å²) in [5.41, 5.74) is 4.30. The van der Waals surface area contributed by atoms with E-state index in [-0.39, 0.29) is 0 Å². The van der Waals surface area contributed by atoms with Crippen LogP contribution in [0.2, 0.25) is 0 Å². The van der Waals surface area contributed by atoms with Gasteiger partial charge < -0.3 is 9.47 Å². The van der Waals surface area contributed by atoms with E-state index in [0.29, 0.717) is 0 Å². The lowest BCUT2D eigenvalue weighted by Gasteiger charge is -2.09. The number of hydrogen-bond acceptors (Lipinski definition) is 4. The quantitative estimate of drug-likeness (QED) is 0.190. The Morgan fingerprint density at radius 2 is 1.59 bits per heavy atom. The Balaban J connectivity index is 1.88. The minimum Gasteiger partial charge on any atom is -0.497 e. The molecule has 0 saturated carbocycles. The van der Waals surface area contributed by atoms with Gasteiger partial charge in [-0.05, 0) is 57.2 Å². The van der Waals surface area contributed by atoms with Gasteiger partial charge in [-0.3, -0.25) is 0 Å². The van der Waals surface area contributed by atoms with Crippen LogP contribution in [0.4, 0.5) is 5.69 Å². The molecule has 0 bridgehead atoms. The first-order chi connectivity index (χ1) is 14.0. The van der Waals surface area contributed by atoms with E-state index in [1.807, 2.05) is 43.3 Å². The molecule has 4 heteroatoms. The summed E-state index contributed by atoms with van der Waals surface area (Å²) in [6, 6.07) is 24.2. The highest BCUT2D eigenvalue weighted by atomic mass is 32.2. The predicted octanol–water partition coefficient (Wildman–Crippen LogP) is 7.12. The summed E-state index contributed by atoms with van der Waals surface area (Å²) in [6.45, 7) is 6.18. The van der Waals surface area contributed by atoms with Gasteiger partial charge in [-0.2, -0.15) is 0 Å². The van der Waals surface area contributed by atoms with Gasteiger partial charge in [0.25, 0.3) is 0 Å². The molecule has 3 rings (SSSR count). The average Bonchev–Trinajstić information content (AvgIpc) is 2.73. The third-order valence-corrected chi connectivity index (χ3v) is 5.32. The lowest BCUT2D eigenvalue weighted by molar-refractivity contribution is 0.408. The lowest BCUT2D eigenvalue weighted by atomic mass is 10.2. The van der Waals surface area contributed by atoms with Crippen molar-refractivity contribution in [2.24, 2.45) is 4.99 Å². The maximum absolute atomic E-state index is 5.87. The molecule has 0 aliphatic rings. The fourth-order valence-corrected chi connectivity index (χ4v) is 3.57. The number of rotatable bonds is 6. The smallest absolute Gasteiger partial charge is 0.130 e. The summed E-state index contributed by atoms with van der Waals surface area (Å²) >= 11 is 1.63. The van der Waals surface area contributed by atoms with Crippen LogP contribution >= 0.6 is 11.8 Å². The van der Waals surface area contributed by atoms with Crippen LogP contribution in [0.15, 0.2) is 94.5 Å². The van der Waals surface area contributed by atoms with Crippen LogP contribution in [0, 0.1) is 13.8 Å². The third-order valence-electron chi connectivity index (χ3n) is 4.22. The Kier molecular flexibility index (Phi) is 7.14. The summed E-state index contributed by atoms with van der Waals surface area (Å²) < 4.78 is 11.1. The number of benzene rings is 3. The highest BCUT2D eigenvalue weighted by Gasteiger charge is 2.08. The Morgan fingerprint density at radius 3 is 2.31 bits per heavy atom. The molecule has 0 atom stereocenters. The second-order valence-electron chi connectivity index (χ2n) is 6.77. The van der Waals surface area contributed by atoms with Gasteiger partial charge in [-0.1, -0.05) is 53.2 Å². The van der Waals surface area contributed by atoms with Gasteiger partial charge in [0.2, 0.25) is 0 Å². The largest absolute Gasteiger partial charge is 0.497 e. The molecule has 0 radical (unpaired) electrons. The van der Waals surface area contributed by atoms with Gasteiger partial charge in [-0.15, -0.1) is 0 Å². The zero-order chi connectivity index (χ0) is 20.6. The Bertz CT molecular complexity index is 1020. The zero-order valence-electron chi connectivity index (χ0n) is 17.2. The monoisotopic (exact) mass is 403 g/mol. The summed E-state index contributed by atoms with van der Waals surface area (Å²) in [5, 5.41) is 0.891. The predicted molar refractivity (Wildman–Crippen MR) is 123 cm³/mol. The Morgan fingerprint density at radius 1 is 0.862 bits per heavy atom. The van der Waals surface area contributed by atoms with Crippen LogP contribution in [-0.4, -0.2) is 12.2 Å². The standard InChI is InChI=1S/C25H25NO2S/c1-18-11-13-21(14-12-18)26-25(29-24-10-5-7-19(2)15-24)20(3)17-28-23-9-6-8-22(16-23)27-4/h5-17H,1-4H3/b20-17+,26-25?. The number of ether oxygens (including phenoxy) is 2. The molecule has 0 heterocycles. The fourth-order valence-electron chi connectivity index (χ4n) is 2.60. The molecule has 0 aliphatic heterocycles. The van der Waals surface area contributed by atoms with Crippen LogP contribution in [0.25, 0.3) is 0 Å². The van der Waals surface area contributed by atoms with Crippen molar-refractivity contribution in [2.75, 3.05) is 7.11 Å². The van der Waals surface area contributed by atoms with Crippen molar-refractivity contribution in [3.8, 4) is 11.5 Å². The lowest BCUT2D eigenvalue weighted by Crippen LogP contribution is -1.97. The fraction of sp³-hybridized carbons (Fsp3) is 0.160. The molecule has 0 N–H and O–H groups in total. The molecule has 0 aliphatic carbocycles. The SMILES string of the molecule is COc1cccc(O/C=C(\C)C(=Nc2ccc(C)cc2)Sc2cccc(C)c2)c1. The number of thioether (sulfide) groups is 1. The first-order valence-corrected chi connectivity index (χ1v) is 10.2. The molecular formula is C25H25NO2S. The summed E-state index contributed by atoms with van der Waals surface area (Å²) in [7, 11) is 1.64. The molecule has 0 aromatic heterocycles. The summed E-state index contributed by atoms with van der Waals surface area (Å²) in [4.78, 5) is 6.02. The van der Waals surface area contributed by atoms with Crippen LogP contribution in [0.1, 0.15) is 18.1 Å². The van der Waals surface area contributed by atoms with Crippen molar-refractivity contribution >= 4 is 22.5 Å². The van der Waals surface area contributed by atoms with E-state index in [1.54, 1.807) is 25.1 Å². The second kappa shape index (κ2) is 9.99. The van der Waals surface area contributed by atoms with Crippen LogP contribution < -0.4 is 9.47 Å². The van der Waals surface area contributed by atoms with Crippen molar-refractivity contribution in [3.63, 3.8) is 0 Å². The number of nitrogens with zero attached hydrogens (tertiary/aromatic N) is 1. The highest BCUT2D eigenvalue weighted by molar-refractivity contribution is 8.14. The molecular weight excluding hydrogens is 378 g/mol. The van der Waals surface area contributed by atoms with Crippen molar-refractivity contribution in [1.29, 1.82) is 0 Å². The van der Waals surface area contributed by atoms with E-state index in [1.165, 1.54) is 11.1 Å². The molecule has 3 aromatic rings. The highest BCUT2D eigenvalue weighted by Crippen LogP contribution is 2.28. The van der Waals surface area contributed by atoms with Crippen molar-refractivity contribution in [3.05, 3.63) is 95.8 Å². The number of hydrogen-bond donors (Lipinski definition) is 0. The van der Waals surface area contributed by atoms with E-state index < -0.39 is 0 Å². The molecule has 3 aromatic carbocycles. The van der Waals surface area contributed by atoms with Crippen molar-refractivity contribution in [2.45, 2.75) is 25.7 Å². The van der Waals surface area contributed by atoms with E-state index >= 15 is 0 Å². The molecule has 3 nitrogen and oxygen atoms in total. The van der Waals surface area contributed by atoms with E-state index in [4.69, 9.17) is 14.5 Å². The molecule has 0 saturated heterocycles. The topological polar surface area (TPSA) is 30.8 Å². The minimum absolute atomic E-state index is 0.721. The number of aliphatic imine (C=N–C) groups is 1. The van der Waals surface area contributed by atoms with Crippen molar-refractivity contribution < 1.29 is 9.47 Å². The number of aryl methyl sites for hydroxylation is 2. The van der Waals surface area contributed by atoms with Gasteiger partial charge >= 0.3 is 0 Å². The maximum atomic E-state index is 5.87. The second-order valence-corrected chi connectivity index (χ2v) is 7.83. The first-order valence-electron chi connectivity index (χ1n) is 9.41. The summed E-state index contributed by atoms with van der Waals surface area (Å²) in [5.74, 6) is 1.48. The van der Waals surface area contributed by atoms with Crippen LogP contribution in [0.5, 0.6) is 11.5 Å². The third kappa shape index (κ3) is 6.26. The Labute approximate surface area is 177 Å². The van der Waals surface area contributed by atoms with E-state index in [2.05, 4.69) is 50.2 Å². The zero-order valence-corrected chi connectivity index (χ0v) is 18.0.